The van der Waals surface area contributed by atoms with Gasteiger partial charge in [-0.3, -0.25) is 4.79 Å². The van der Waals surface area contributed by atoms with Crippen LogP contribution in [0.5, 0.6) is 5.75 Å². The summed E-state index contributed by atoms with van der Waals surface area (Å²) in [6.07, 6.45) is 0.400. The molecule has 6 nitrogen and oxygen atoms in total. The zero-order valence-corrected chi connectivity index (χ0v) is 16.1. The van der Waals surface area contributed by atoms with Crippen molar-refractivity contribution in [3.8, 4) is 5.75 Å². The lowest BCUT2D eigenvalue weighted by molar-refractivity contribution is -0.116. The van der Waals surface area contributed by atoms with Gasteiger partial charge in [-0.1, -0.05) is 19.1 Å². The molecule has 0 fully saturated rings. The van der Waals surface area contributed by atoms with E-state index in [2.05, 4.69) is 10.0 Å². The average molecular weight is 393 g/mol. The largest absolute Gasteiger partial charge is 0.497 e. The number of carbonyl (C=O) groups excluding carboxylic acids is 1. The van der Waals surface area contributed by atoms with E-state index in [4.69, 9.17) is 4.74 Å². The van der Waals surface area contributed by atoms with Crippen molar-refractivity contribution >= 4 is 33.4 Å². The SMILES string of the molecule is COc1ccc(CNS(=O)(=O)c2ccc3c(c2)NC(=O)CC(C)S3)cc1. The van der Waals surface area contributed by atoms with Crippen LogP contribution in [0.15, 0.2) is 52.3 Å². The fourth-order valence-corrected chi connectivity index (χ4v) is 4.70. The molecular weight excluding hydrogens is 372 g/mol. The van der Waals surface area contributed by atoms with E-state index in [-0.39, 0.29) is 22.6 Å². The fourth-order valence-electron chi connectivity index (χ4n) is 2.60. The van der Waals surface area contributed by atoms with Crippen molar-refractivity contribution in [2.24, 2.45) is 0 Å². The lowest BCUT2D eigenvalue weighted by Crippen LogP contribution is -2.23. The molecule has 0 spiro atoms. The summed E-state index contributed by atoms with van der Waals surface area (Å²) in [6.45, 7) is 2.14. The molecule has 0 bridgehead atoms. The molecule has 0 saturated heterocycles. The highest BCUT2D eigenvalue weighted by atomic mass is 32.2. The molecule has 8 heteroatoms. The Balaban J connectivity index is 1.77. The number of anilines is 1. The van der Waals surface area contributed by atoms with Crippen LogP contribution >= 0.6 is 11.8 Å². The molecule has 138 valence electrons. The summed E-state index contributed by atoms with van der Waals surface area (Å²) in [4.78, 5) is 12.9. The van der Waals surface area contributed by atoms with E-state index in [1.165, 1.54) is 6.07 Å². The van der Waals surface area contributed by atoms with Gasteiger partial charge in [0.05, 0.1) is 17.7 Å². The molecule has 2 N–H and O–H groups in total. The lowest BCUT2D eigenvalue weighted by atomic mass is 10.2. The number of sulfonamides is 1. The lowest BCUT2D eigenvalue weighted by Gasteiger charge is -2.11. The second-order valence-electron chi connectivity index (χ2n) is 6.01. The highest BCUT2D eigenvalue weighted by molar-refractivity contribution is 8.00. The summed E-state index contributed by atoms with van der Waals surface area (Å²) < 4.78 is 32.9. The van der Waals surface area contributed by atoms with Gasteiger partial charge in [0.25, 0.3) is 0 Å². The third-order valence-electron chi connectivity index (χ3n) is 3.96. The van der Waals surface area contributed by atoms with Crippen LogP contribution in [0.1, 0.15) is 18.9 Å². The molecule has 0 radical (unpaired) electrons. The Morgan fingerprint density at radius 2 is 1.96 bits per heavy atom. The first kappa shape index (κ1) is 18.8. The topological polar surface area (TPSA) is 84.5 Å². The summed E-state index contributed by atoms with van der Waals surface area (Å²) >= 11 is 1.56. The van der Waals surface area contributed by atoms with Crippen molar-refractivity contribution in [1.82, 2.24) is 4.72 Å². The molecule has 1 heterocycles. The zero-order valence-electron chi connectivity index (χ0n) is 14.5. The number of carbonyl (C=O) groups is 1. The third kappa shape index (κ3) is 4.38. The van der Waals surface area contributed by atoms with E-state index in [0.29, 0.717) is 17.9 Å². The number of ether oxygens (including phenoxy) is 1. The Bertz CT molecular complexity index is 911. The zero-order chi connectivity index (χ0) is 18.7. The van der Waals surface area contributed by atoms with Crippen LogP contribution in [0, 0.1) is 0 Å². The van der Waals surface area contributed by atoms with Crippen LogP contribution in [-0.2, 0) is 21.4 Å². The average Bonchev–Trinajstić information content (AvgIpc) is 2.76. The van der Waals surface area contributed by atoms with E-state index < -0.39 is 10.0 Å². The summed E-state index contributed by atoms with van der Waals surface area (Å²) in [5.74, 6) is 0.606. The number of rotatable bonds is 5. The number of hydrogen-bond acceptors (Lipinski definition) is 5. The van der Waals surface area contributed by atoms with Gasteiger partial charge in [-0.2, -0.15) is 0 Å². The van der Waals surface area contributed by atoms with Crippen molar-refractivity contribution in [3.63, 3.8) is 0 Å². The number of amides is 1. The number of hydrogen-bond donors (Lipinski definition) is 2. The second kappa shape index (κ2) is 7.69. The van der Waals surface area contributed by atoms with Gasteiger partial charge in [0.1, 0.15) is 5.75 Å². The molecule has 0 aliphatic carbocycles. The molecule has 1 amide bonds. The van der Waals surface area contributed by atoms with E-state index >= 15 is 0 Å². The smallest absolute Gasteiger partial charge is 0.240 e. The maximum Gasteiger partial charge on any atom is 0.240 e. The molecule has 2 aromatic carbocycles. The van der Waals surface area contributed by atoms with Crippen LogP contribution in [0.2, 0.25) is 0 Å². The quantitative estimate of drug-likeness (QED) is 0.817. The van der Waals surface area contributed by atoms with Crippen molar-refractivity contribution in [2.45, 2.75) is 34.9 Å². The summed E-state index contributed by atoms with van der Waals surface area (Å²) in [5, 5.41) is 2.93. The molecule has 1 aliphatic rings. The van der Waals surface area contributed by atoms with E-state index in [1.807, 2.05) is 6.92 Å². The van der Waals surface area contributed by atoms with Crippen molar-refractivity contribution in [2.75, 3.05) is 12.4 Å². The normalized spacial score (nSPS) is 17.2. The van der Waals surface area contributed by atoms with E-state index in [1.54, 1.807) is 55.3 Å². The summed E-state index contributed by atoms with van der Waals surface area (Å²) in [5.41, 5.74) is 1.36. The Hall–Kier alpha value is -2.03. The first-order valence-corrected chi connectivity index (χ1v) is 10.5. The van der Waals surface area contributed by atoms with Gasteiger partial charge in [0.2, 0.25) is 15.9 Å². The highest BCUT2D eigenvalue weighted by Crippen LogP contribution is 2.36. The third-order valence-corrected chi connectivity index (χ3v) is 6.54. The molecule has 2 aromatic rings. The fraction of sp³-hybridized carbons (Fsp3) is 0.278. The number of nitrogens with one attached hydrogen (secondary N) is 2. The predicted molar refractivity (Wildman–Crippen MR) is 102 cm³/mol. The number of fused-ring (bicyclic) bond motifs is 1. The van der Waals surface area contributed by atoms with E-state index in [0.717, 1.165) is 10.5 Å². The number of benzene rings is 2. The van der Waals surface area contributed by atoms with Crippen LogP contribution < -0.4 is 14.8 Å². The number of methoxy groups -OCH3 is 1. The minimum absolute atomic E-state index is 0.107. The first-order valence-electron chi connectivity index (χ1n) is 8.10. The maximum absolute atomic E-state index is 12.6. The van der Waals surface area contributed by atoms with Crippen LogP contribution in [-0.4, -0.2) is 26.7 Å². The van der Waals surface area contributed by atoms with Gasteiger partial charge >= 0.3 is 0 Å². The van der Waals surface area contributed by atoms with Gasteiger partial charge in [-0.25, -0.2) is 13.1 Å². The highest BCUT2D eigenvalue weighted by Gasteiger charge is 2.22. The standard InChI is InChI=1S/C18H20N2O4S2/c1-12-9-18(21)20-16-10-15(7-8-17(16)25-12)26(22,23)19-11-13-3-5-14(24-2)6-4-13/h3-8,10,12,19H,9,11H2,1-2H3,(H,20,21). The van der Waals surface area contributed by atoms with Gasteiger partial charge in [0.15, 0.2) is 0 Å². The molecule has 26 heavy (non-hydrogen) atoms. The van der Waals surface area contributed by atoms with Crippen molar-refractivity contribution in [1.29, 1.82) is 0 Å². The molecule has 0 aromatic heterocycles. The summed E-state index contributed by atoms with van der Waals surface area (Å²) in [7, 11) is -2.12. The molecule has 1 atom stereocenters. The van der Waals surface area contributed by atoms with E-state index in [9.17, 15) is 13.2 Å². The maximum atomic E-state index is 12.6. The van der Waals surface area contributed by atoms with Gasteiger partial charge in [-0.05, 0) is 35.9 Å². The Kier molecular flexibility index (Phi) is 5.55. The minimum atomic E-state index is -3.69. The monoisotopic (exact) mass is 392 g/mol. The number of thioether (sulfide) groups is 1. The molecule has 1 unspecified atom stereocenters. The van der Waals surface area contributed by atoms with Crippen LogP contribution in [0.25, 0.3) is 0 Å². The van der Waals surface area contributed by atoms with Gasteiger partial charge in [-0.15, -0.1) is 11.8 Å². The summed E-state index contributed by atoms with van der Waals surface area (Å²) in [6, 6.07) is 12.0. The minimum Gasteiger partial charge on any atom is -0.497 e. The Labute approximate surface area is 157 Å². The van der Waals surface area contributed by atoms with Crippen molar-refractivity contribution in [3.05, 3.63) is 48.0 Å². The van der Waals surface area contributed by atoms with Crippen LogP contribution in [0.4, 0.5) is 5.69 Å². The van der Waals surface area contributed by atoms with Gasteiger partial charge < -0.3 is 10.1 Å². The predicted octanol–water partition coefficient (Wildman–Crippen LogP) is 3.00. The molecule has 0 saturated carbocycles. The second-order valence-corrected chi connectivity index (χ2v) is 9.26. The first-order chi connectivity index (χ1) is 12.4. The van der Waals surface area contributed by atoms with Crippen molar-refractivity contribution < 1.29 is 17.9 Å². The van der Waals surface area contributed by atoms with Gasteiger partial charge in [0, 0.05) is 23.1 Å². The molecular formula is C18H20N2O4S2. The van der Waals surface area contributed by atoms with Crippen LogP contribution in [0.3, 0.4) is 0 Å². The molecule has 3 rings (SSSR count). The Morgan fingerprint density at radius 3 is 2.65 bits per heavy atom. The molecule has 1 aliphatic heterocycles. The Morgan fingerprint density at radius 1 is 1.23 bits per heavy atom.